The Morgan fingerprint density at radius 2 is 2.22 bits per heavy atom. The number of carbonyl (C=O) groups is 1. The topological polar surface area (TPSA) is 87.8 Å². The largest absolute Gasteiger partial charge is 0.348 e. The number of aliphatic imine (C=N–C) groups is 1. The molecule has 0 spiro atoms. The fraction of sp³-hybridized carbons (Fsp3) is 0.636. The van der Waals surface area contributed by atoms with E-state index >= 15 is 0 Å². The van der Waals surface area contributed by atoms with E-state index in [4.69, 9.17) is 0 Å². The van der Waals surface area contributed by atoms with E-state index in [2.05, 4.69) is 10.3 Å². The zero-order valence-electron chi connectivity index (χ0n) is 10.2. The summed E-state index contributed by atoms with van der Waals surface area (Å²) in [7, 11) is 0. The number of nitro groups is 1. The number of nitrogens with zero attached hydrogens (tertiary/aromatic N) is 3. The molecule has 7 heteroatoms. The van der Waals surface area contributed by atoms with Crippen LogP contribution in [-0.2, 0) is 4.79 Å². The van der Waals surface area contributed by atoms with Gasteiger partial charge in [-0.2, -0.15) is 0 Å². The van der Waals surface area contributed by atoms with Crippen LogP contribution in [0, 0.1) is 10.1 Å². The molecular formula is C11H16N4O3. The Morgan fingerprint density at radius 1 is 1.56 bits per heavy atom. The Hall–Kier alpha value is -1.92. The third kappa shape index (κ3) is 2.49. The van der Waals surface area contributed by atoms with Gasteiger partial charge in [-0.05, 0) is 19.8 Å². The molecule has 1 fully saturated rings. The van der Waals surface area contributed by atoms with Gasteiger partial charge in [-0.1, -0.05) is 17.9 Å². The highest BCUT2D eigenvalue weighted by atomic mass is 16.7. The molecule has 0 aromatic heterocycles. The molecule has 0 aromatic rings. The second-order valence-electron chi connectivity index (χ2n) is 4.59. The lowest BCUT2D eigenvalue weighted by Crippen LogP contribution is -2.46. The quantitative estimate of drug-likeness (QED) is 0.596. The third-order valence-electron chi connectivity index (χ3n) is 3.23. The van der Waals surface area contributed by atoms with Gasteiger partial charge in [0.2, 0.25) is 0 Å². The lowest BCUT2D eigenvalue weighted by molar-refractivity contribution is -0.646. The fourth-order valence-corrected chi connectivity index (χ4v) is 2.31. The predicted octanol–water partition coefficient (Wildman–Crippen LogP) is 0.853. The molecule has 1 amide bonds. The molecule has 1 atom stereocenters. The van der Waals surface area contributed by atoms with Gasteiger partial charge in [0, 0.05) is 12.3 Å². The van der Waals surface area contributed by atoms with Gasteiger partial charge in [0.1, 0.15) is 6.04 Å². The number of hydrogen-bond acceptors (Lipinski definition) is 4. The molecule has 18 heavy (non-hydrogen) atoms. The highest BCUT2D eigenvalue weighted by Gasteiger charge is 2.34. The van der Waals surface area contributed by atoms with E-state index in [1.54, 1.807) is 6.92 Å². The maximum atomic E-state index is 12.0. The molecule has 1 unspecified atom stereocenters. The van der Waals surface area contributed by atoms with Crippen molar-refractivity contribution in [2.75, 3.05) is 0 Å². The van der Waals surface area contributed by atoms with Gasteiger partial charge in [0.05, 0.1) is 6.20 Å². The Morgan fingerprint density at radius 3 is 2.83 bits per heavy atom. The lowest BCUT2D eigenvalue weighted by atomic mass is 10.2. The molecule has 98 valence electrons. The summed E-state index contributed by atoms with van der Waals surface area (Å²) < 4.78 is 0. The lowest BCUT2D eigenvalue weighted by Gasteiger charge is -2.23. The Balaban J connectivity index is 2.09. The zero-order chi connectivity index (χ0) is 13.1. The van der Waals surface area contributed by atoms with Crippen molar-refractivity contribution in [3.05, 3.63) is 22.0 Å². The van der Waals surface area contributed by atoms with Crippen molar-refractivity contribution in [3.63, 3.8) is 0 Å². The fourth-order valence-electron chi connectivity index (χ4n) is 2.31. The minimum Gasteiger partial charge on any atom is -0.348 e. The molecule has 1 saturated carbocycles. The van der Waals surface area contributed by atoms with Gasteiger partial charge >= 0.3 is 0 Å². The smallest absolute Gasteiger partial charge is 0.275 e. The van der Waals surface area contributed by atoms with Crippen molar-refractivity contribution in [2.24, 2.45) is 4.99 Å². The van der Waals surface area contributed by atoms with Gasteiger partial charge in [0.15, 0.2) is 10.7 Å². The van der Waals surface area contributed by atoms with Crippen LogP contribution in [0.2, 0.25) is 0 Å². The first-order valence-electron chi connectivity index (χ1n) is 6.07. The Bertz CT molecular complexity index is 413. The molecule has 0 saturated heterocycles. The normalized spacial score (nSPS) is 23.9. The van der Waals surface area contributed by atoms with Crippen LogP contribution >= 0.6 is 0 Å². The zero-order valence-corrected chi connectivity index (χ0v) is 10.2. The molecule has 0 bridgehead atoms. The number of amides is 1. The molecule has 0 radical (unpaired) electrons. The number of carbonyl (C=O) groups excluding carboxylic acids is 1. The van der Waals surface area contributed by atoms with Crippen LogP contribution in [0.5, 0.6) is 0 Å². The van der Waals surface area contributed by atoms with Crippen LogP contribution < -0.4 is 5.32 Å². The van der Waals surface area contributed by atoms with Crippen LogP contribution in [0.3, 0.4) is 0 Å². The van der Waals surface area contributed by atoms with Crippen molar-refractivity contribution in [1.29, 1.82) is 0 Å². The SMILES string of the molecule is CC1C=NC=C(C(=O)NC2CCCC2)N1[N+](=O)[O-]. The maximum Gasteiger partial charge on any atom is 0.275 e. The predicted molar refractivity (Wildman–Crippen MR) is 65.3 cm³/mol. The summed E-state index contributed by atoms with van der Waals surface area (Å²) >= 11 is 0. The van der Waals surface area contributed by atoms with Crippen molar-refractivity contribution in [3.8, 4) is 0 Å². The molecule has 1 aliphatic heterocycles. The standard InChI is InChI=1S/C11H16N4O3/c1-8-6-12-7-10(14(8)15(17)18)11(16)13-9-4-2-3-5-9/h6-9H,2-5H2,1H3,(H,13,16). The van der Waals surface area contributed by atoms with E-state index < -0.39 is 17.0 Å². The first-order chi connectivity index (χ1) is 8.59. The minimum absolute atomic E-state index is 0.00176. The van der Waals surface area contributed by atoms with E-state index in [1.165, 1.54) is 12.4 Å². The van der Waals surface area contributed by atoms with E-state index in [1.807, 2.05) is 0 Å². The number of nitrogens with one attached hydrogen (secondary N) is 1. The third-order valence-corrected chi connectivity index (χ3v) is 3.23. The summed E-state index contributed by atoms with van der Waals surface area (Å²) in [6.07, 6.45) is 6.75. The van der Waals surface area contributed by atoms with Gasteiger partial charge in [-0.3, -0.25) is 9.79 Å². The van der Waals surface area contributed by atoms with Crippen molar-refractivity contribution in [2.45, 2.75) is 44.7 Å². The molecular weight excluding hydrogens is 236 g/mol. The van der Waals surface area contributed by atoms with Crippen molar-refractivity contribution in [1.82, 2.24) is 10.3 Å². The Labute approximate surface area is 105 Å². The molecule has 0 aromatic carbocycles. The number of hydrazine groups is 1. The summed E-state index contributed by atoms with van der Waals surface area (Å²) in [5.41, 5.74) is 0.00176. The Kier molecular flexibility index (Phi) is 3.59. The van der Waals surface area contributed by atoms with Crippen LogP contribution in [0.25, 0.3) is 0 Å². The van der Waals surface area contributed by atoms with Gasteiger partial charge in [0.25, 0.3) is 5.91 Å². The molecule has 1 aliphatic carbocycles. The number of hydrogen-bond donors (Lipinski definition) is 1. The van der Waals surface area contributed by atoms with Crippen LogP contribution in [0.4, 0.5) is 0 Å². The summed E-state index contributed by atoms with van der Waals surface area (Å²) in [6, 6.07) is -0.387. The summed E-state index contributed by atoms with van der Waals surface area (Å²) in [6.45, 7) is 1.63. The molecule has 7 nitrogen and oxygen atoms in total. The average molecular weight is 252 g/mol. The van der Waals surface area contributed by atoms with Gasteiger partial charge in [-0.25, -0.2) is 10.1 Å². The van der Waals surface area contributed by atoms with Crippen LogP contribution in [0.1, 0.15) is 32.6 Å². The van der Waals surface area contributed by atoms with E-state index in [0.717, 1.165) is 30.7 Å². The van der Waals surface area contributed by atoms with Crippen molar-refractivity contribution < 1.29 is 9.83 Å². The second kappa shape index (κ2) is 5.16. The molecule has 2 rings (SSSR count). The first kappa shape index (κ1) is 12.5. The molecule has 1 heterocycles. The average Bonchev–Trinajstić information content (AvgIpc) is 2.80. The monoisotopic (exact) mass is 252 g/mol. The first-order valence-corrected chi connectivity index (χ1v) is 6.07. The summed E-state index contributed by atoms with van der Waals surface area (Å²) in [4.78, 5) is 26.9. The van der Waals surface area contributed by atoms with Crippen LogP contribution in [-0.4, -0.2) is 34.2 Å². The van der Waals surface area contributed by atoms with Gasteiger partial charge in [-0.15, -0.1) is 0 Å². The molecule has 1 N–H and O–H groups in total. The highest BCUT2D eigenvalue weighted by molar-refractivity contribution is 5.94. The maximum absolute atomic E-state index is 12.0. The van der Waals surface area contributed by atoms with E-state index in [0.29, 0.717) is 0 Å². The summed E-state index contributed by atoms with van der Waals surface area (Å²) in [5.74, 6) is -0.415. The van der Waals surface area contributed by atoms with E-state index in [-0.39, 0.29) is 11.7 Å². The summed E-state index contributed by atoms with van der Waals surface area (Å²) in [5, 5.41) is 14.1. The molecule has 2 aliphatic rings. The van der Waals surface area contributed by atoms with E-state index in [9.17, 15) is 14.9 Å². The minimum atomic E-state index is -0.574. The van der Waals surface area contributed by atoms with Crippen LogP contribution in [0.15, 0.2) is 16.9 Å². The second-order valence-corrected chi connectivity index (χ2v) is 4.59. The van der Waals surface area contributed by atoms with Crippen molar-refractivity contribution >= 4 is 12.1 Å². The highest BCUT2D eigenvalue weighted by Crippen LogP contribution is 2.19. The number of rotatable bonds is 3. The van der Waals surface area contributed by atoms with Gasteiger partial charge < -0.3 is 5.32 Å².